The van der Waals surface area contributed by atoms with E-state index in [0.717, 1.165) is 11.1 Å². The lowest BCUT2D eigenvalue weighted by Crippen LogP contribution is -2.28. The molecule has 1 aliphatic heterocycles. The molecule has 1 fully saturated rings. The molecule has 0 unspecified atom stereocenters. The molecule has 0 saturated carbocycles. The van der Waals surface area contributed by atoms with Gasteiger partial charge in [0, 0.05) is 13.1 Å². The minimum Gasteiger partial charge on any atom is -0.490 e. The second-order valence-corrected chi connectivity index (χ2v) is 8.95. The van der Waals surface area contributed by atoms with E-state index in [-0.39, 0.29) is 12.5 Å². The third-order valence-corrected chi connectivity index (χ3v) is 6.56. The average molecular weight is 514 g/mol. The highest BCUT2D eigenvalue weighted by Crippen LogP contribution is 2.39. The van der Waals surface area contributed by atoms with Crippen molar-refractivity contribution in [3.8, 4) is 11.5 Å². The van der Waals surface area contributed by atoms with E-state index in [1.54, 1.807) is 29.2 Å². The van der Waals surface area contributed by atoms with Crippen molar-refractivity contribution in [2.75, 3.05) is 19.7 Å². The van der Waals surface area contributed by atoms with Crippen LogP contribution in [0.4, 0.5) is 0 Å². The summed E-state index contributed by atoms with van der Waals surface area (Å²) in [6.45, 7) is 7.61. The number of carbonyl (C=O) groups excluding carboxylic acids is 1. The number of hydrogen-bond donors (Lipinski definition) is 0. The first-order chi connectivity index (χ1) is 15.4. The fourth-order valence-corrected chi connectivity index (χ4v) is 4.75. The standard InChI is InChI=1S/C23H23Cl3N2O3S/c1-4-27-23-28(5-2)22(29)20(32-23)12-15-10-18(26)21(19(11-15)30-6-3)31-13-14-7-8-16(24)17(25)9-14/h7-12H,4-6,13H2,1-3H3/b20-12-,27-23?. The Bertz CT molecular complexity index is 1070. The maximum atomic E-state index is 12.7. The molecule has 1 aliphatic rings. The number of halogens is 3. The highest BCUT2D eigenvalue weighted by atomic mass is 35.5. The number of thioether (sulfide) groups is 1. The minimum atomic E-state index is -0.0706. The molecule has 32 heavy (non-hydrogen) atoms. The summed E-state index contributed by atoms with van der Waals surface area (Å²) in [4.78, 5) is 19.4. The summed E-state index contributed by atoms with van der Waals surface area (Å²) in [5, 5.41) is 2.03. The maximum Gasteiger partial charge on any atom is 0.266 e. The zero-order valence-corrected chi connectivity index (χ0v) is 21.0. The molecular formula is C23H23Cl3N2O3S. The molecule has 0 spiro atoms. The predicted molar refractivity (Wildman–Crippen MR) is 134 cm³/mol. The van der Waals surface area contributed by atoms with Crippen LogP contribution in [0.15, 0.2) is 40.2 Å². The second-order valence-electron chi connectivity index (χ2n) is 6.72. The van der Waals surface area contributed by atoms with Gasteiger partial charge in [-0.25, -0.2) is 0 Å². The summed E-state index contributed by atoms with van der Waals surface area (Å²) in [6.07, 6.45) is 1.80. The van der Waals surface area contributed by atoms with Gasteiger partial charge in [0.2, 0.25) is 0 Å². The van der Waals surface area contributed by atoms with Crippen LogP contribution in [0.1, 0.15) is 31.9 Å². The summed E-state index contributed by atoms with van der Waals surface area (Å²) in [5.41, 5.74) is 1.59. The summed E-state index contributed by atoms with van der Waals surface area (Å²) in [6, 6.07) is 8.86. The van der Waals surface area contributed by atoms with Gasteiger partial charge in [0.15, 0.2) is 16.7 Å². The Kier molecular flexibility index (Phi) is 8.77. The van der Waals surface area contributed by atoms with Crippen LogP contribution in [0.25, 0.3) is 6.08 Å². The van der Waals surface area contributed by atoms with Crippen molar-refractivity contribution in [1.82, 2.24) is 4.90 Å². The molecule has 0 aromatic heterocycles. The SMILES string of the molecule is CCN=C1S/C(=C\c2cc(Cl)c(OCc3ccc(Cl)c(Cl)c3)c(OCC)c2)C(=O)N1CC. The first kappa shape index (κ1) is 24.8. The third-order valence-electron chi connectivity index (χ3n) is 4.49. The van der Waals surface area contributed by atoms with Gasteiger partial charge >= 0.3 is 0 Å². The van der Waals surface area contributed by atoms with Crippen LogP contribution in [0, 0.1) is 0 Å². The molecule has 1 heterocycles. The summed E-state index contributed by atoms with van der Waals surface area (Å²) >= 11 is 20.0. The van der Waals surface area contributed by atoms with Gasteiger partial charge in [0.1, 0.15) is 6.61 Å². The van der Waals surface area contributed by atoms with Gasteiger partial charge in [-0.3, -0.25) is 14.7 Å². The third kappa shape index (κ3) is 5.73. The number of nitrogens with zero attached hydrogens (tertiary/aromatic N) is 2. The summed E-state index contributed by atoms with van der Waals surface area (Å²) < 4.78 is 11.7. The Morgan fingerprint density at radius 2 is 1.81 bits per heavy atom. The molecule has 2 aromatic carbocycles. The molecule has 0 N–H and O–H groups in total. The van der Waals surface area contributed by atoms with Gasteiger partial charge in [-0.1, -0.05) is 40.9 Å². The van der Waals surface area contributed by atoms with Crippen molar-refractivity contribution in [2.24, 2.45) is 4.99 Å². The predicted octanol–water partition coefficient (Wildman–Crippen LogP) is 6.94. The Morgan fingerprint density at radius 1 is 1.03 bits per heavy atom. The molecule has 1 saturated heterocycles. The van der Waals surface area contributed by atoms with Gasteiger partial charge in [0.25, 0.3) is 5.91 Å². The van der Waals surface area contributed by atoms with E-state index in [1.165, 1.54) is 11.8 Å². The molecule has 170 valence electrons. The van der Waals surface area contributed by atoms with Crippen LogP contribution in [-0.4, -0.2) is 35.7 Å². The molecule has 0 aliphatic carbocycles. The number of likely N-dealkylation sites (N-methyl/N-ethyl adjacent to an activating group) is 1. The van der Waals surface area contributed by atoms with Crippen molar-refractivity contribution in [1.29, 1.82) is 0 Å². The smallest absolute Gasteiger partial charge is 0.266 e. The molecular weight excluding hydrogens is 491 g/mol. The lowest BCUT2D eigenvalue weighted by atomic mass is 10.1. The first-order valence-corrected chi connectivity index (χ1v) is 12.1. The van der Waals surface area contributed by atoms with Crippen molar-refractivity contribution < 1.29 is 14.3 Å². The maximum absolute atomic E-state index is 12.7. The van der Waals surface area contributed by atoms with Crippen LogP contribution in [0.2, 0.25) is 15.1 Å². The van der Waals surface area contributed by atoms with E-state index < -0.39 is 0 Å². The number of ether oxygens (including phenoxy) is 2. The number of amides is 1. The Morgan fingerprint density at radius 3 is 2.47 bits per heavy atom. The normalized spacial score (nSPS) is 16.3. The van der Waals surface area contributed by atoms with E-state index >= 15 is 0 Å². The lowest BCUT2D eigenvalue weighted by Gasteiger charge is -2.15. The van der Waals surface area contributed by atoms with Crippen molar-refractivity contribution in [2.45, 2.75) is 27.4 Å². The largest absolute Gasteiger partial charge is 0.490 e. The molecule has 2 aromatic rings. The minimum absolute atomic E-state index is 0.0706. The fraction of sp³-hybridized carbons (Fsp3) is 0.304. The Labute approximate surface area is 207 Å². The fourth-order valence-electron chi connectivity index (χ4n) is 3.05. The van der Waals surface area contributed by atoms with Gasteiger partial charge < -0.3 is 9.47 Å². The van der Waals surface area contributed by atoms with Gasteiger partial charge in [-0.2, -0.15) is 0 Å². The molecule has 0 atom stereocenters. The van der Waals surface area contributed by atoms with Gasteiger partial charge in [-0.15, -0.1) is 0 Å². The average Bonchev–Trinajstić information content (AvgIpc) is 3.04. The van der Waals surface area contributed by atoms with Crippen LogP contribution in [0.5, 0.6) is 11.5 Å². The Hall–Kier alpha value is -1.86. The second kappa shape index (κ2) is 11.3. The summed E-state index contributed by atoms with van der Waals surface area (Å²) in [5.74, 6) is 0.853. The number of carbonyl (C=O) groups is 1. The van der Waals surface area contributed by atoms with Crippen molar-refractivity contribution in [3.05, 3.63) is 61.4 Å². The molecule has 5 nitrogen and oxygen atoms in total. The Balaban J connectivity index is 1.88. The zero-order chi connectivity index (χ0) is 23.3. The van der Waals surface area contributed by atoms with Crippen LogP contribution in [0.3, 0.4) is 0 Å². The monoisotopic (exact) mass is 512 g/mol. The van der Waals surface area contributed by atoms with Gasteiger partial charge in [-0.05, 0) is 74.0 Å². The highest BCUT2D eigenvalue weighted by Gasteiger charge is 2.32. The van der Waals surface area contributed by atoms with Crippen LogP contribution in [-0.2, 0) is 11.4 Å². The van der Waals surface area contributed by atoms with Gasteiger partial charge in [0.05, 0.1) is 26.6 Å². The number of amidine groups is 1. The number of benzene rings is 2. The molecule has 1 amide bonds. The molecule has 3 rings (SSSR count). The zero-order valence-electron chi connectivity index (χ0n) is 18.0. The van der Waals surface area contributed by atoms with Crippen LogP contribution >= 0.6 is 46.6 Å². The van der Waals surface area contributed by atoms with Crippen molar-refractivity contribution >= 4 is 63.7 Å². The summed E-state index contributed by atoms with van der Waals surface area (Å²) in [7, 11) is 0. The van der Waals surface area contributed by atoms with Crippen LogP contribution < -0.4 is 9.47 Å². The number of aliphatic imine (C=N–C) groups is 1. The van der Waals surface area contributed by atoms with Crippen molar-refractivity contribution in [3.63, 3.8) is 0 Å². The van der Waals surface area contributed by atoms with E-state index in [1.807, 2.05) is 32.9 Å². The highest BCUT2D eigenvalue weighted by molar-refractivity contribution is 8.18. The molecule has 9 heteroatoms. The quantitative estimate of drug-likeness (QED) is 0.359. The van der Waals surface area contributed by atoms with E-state index in [9.17, 15) is 4.79 Å². The number of hydrogen-bond acceptors (Lipinski definition) is 5. The first-order valence-electron chi connectivity index (χ1n) is 10.2. The van der Waals surface area contributed by atoms with E-state index in [2.05, 4.69) is 4.99 Å². The van der Waals surface area contributed by atoms with E-state index in [0.29, 0.717) is 56.3 Å². The topological polar surface area (TPSA) is 51.1 Å². The van der Waals surface area contributed by atoms with E-state index in [4.69, 9.17) is 44.3 Å². The number of rotatable bonds is 8. The molecule has 0 bridgehead atoms. The molecule has 0 radical (unpaired) electrons. The lowest BCUT2D eigenvalue weighted by molar-refractivity contribution is -0.122.